The molecule has 7 nitrogen and oxygen atoms in total. The first-order valence-corrected chi connectivity index (χ1v) is 12.2. The van der Waals surface area contributed by atoms with Crippen LogP contribution in [0.25, 0.3) is 0 Å². The molecule has 2 N–H and O–H groups in total. The molecule has 0 atom stereocenters. The summed E-state index contributed by atoms with van der Waals surface area (Å²) in [4.78, 5) is 16.8. The van der Waals surface area contributed by atoms with E-state index in [-0.39, 0.29) is 10.8 Å². The van der Waals surface area contributed by atoms with Gasteiger partial charge in [-0.3, -0.25) is 9.52 Å². The van der Waals surface area contributed by atoms with Crippen LogP contribution in [0.1, 0.15) is 33.9 Å². The van der Waals surface area contributed by atoms with E-state index in [9.17, 15) is 13.2 Å². The third-order valence-electron chi connectivity index (χ3n) is 4.55. The first-order valence-electron chi connectivity index (χ1n) is 9.84. The van der Waals surface area contributed by atoms with Gasteiger partial charge >= 0.3 is 0 Å². The van der Waals surface area contributed by atoms with Gasteiger partial charge in [-0.05, 0) is 62.6 Å². The number of aromatic nitrogens is 1. The monoisotopic (exact) mass is 459 g/mol. The number of sulfonamides is 1. The van der Waals surface area contributed by atoms with E-state index < -0.39 is 10.0 Å². The molecule has 0 saturated carbocycles. The zero-order valence-electron chi connectivity index (χ0n) is 17.4. The van der Waals surface area contributed by atoms with Crippen LogP contribution in [0.5, 0.6) is 5.75 Å². The molecular formula is C22H25N3O4S2. The highest BCUT2D eigenvalue weighted by molar-refractivity contribution is 7.92. The second-order valence-corrected chi connectivity index (χ2v) is 9.55. The quantitative estimate of drug-likeness (QED) is 0.447. The lowest BCUT2D eigenvalue weighted by molar-refractivity contribution is 0.0953. The number of nitrogens with zero attached hydrogens (tertiary/aromatic N) is 1. The number of thiazole rings is 1. The van der Waals surface area contributed by atoms with Crippen LogP contribution in [0.2, 0.25) is 0 Å². The Hall–Kier alpha value is -2.91. The molecular weight excluding hydrogens is 434 g/mol. The number of aryl methyl sites for hydroxylation is 2. The number of benzene rings is 2. The highest BCUT2D eigenvalue weighted by Crippen LogP contribution is 2.26. The Labute approximate surface area is 186 Å². The molecule has 0 saturated heterocycles. The van der Waals surface area contributed by atoms with Crippen LogP contribution in [0.15, 0.2) is 58.8 Å². The molecule has 2 aromatic carbocycles. The number of rotatable bonds is 10. The molecule has 0 aliphatic carbocycles. The van der Waals surface area contributed by atoms with E-state index in [0.717, 1.165) is 30.0 Å². The number of hydrogen-bond donors (Lipinski definition) is 2. The minimum atomic E-state index is -3.80. The van der Waals surface area contributed by atoms with Gasteiger partial charge in [-0.2, -0.15) is 0 Å². The molecule has 9 heteroatoms. The summed E-state index contributed by atoms with van der Waals surface area (Å²) in [6.07, 6.45) is 2.69. The van der Waals surface area contributed by atoms with Crippen LogP contribution in [-0.4, -0.2) is 33.0 Å². The van der Waals surface area contributed by atoms with Crippen molar-refractivity contribution in [1.29, 1.82) is 0 Å². The van der Waals surface area contributed by atoms with Crippen LogP contribution >= 0.6 is 11.3 Å². The van der Waals surface area contributed by atoms with Gasteiger partial charge in [0.05, 0.1) is 22.7 Å². The largest absolute Gasteiger partial charge is 0.495 e. The van der Waals surface area contributed by atoms with E-state index in [2.05, 4.69) is 15.0 Å². The topological polar surface area (TPSA) is 97.4 Å². The van der Waals surface area contributed by atoms with Crippen molar-refractivity contribution < 1.29 is 17.9 Å². The minimum Gasteiger partial charge on any atom is -0.495 e. The summed E-state index contributed by atoms with van der Waals surface area (Å²) in [5.41, 5.74) is 1.79. The van der Waals surface area contributed by atoms with Gasteiger partial charge in [-0.15, -0.1) is 11.3 Å². The molecule has 0 unspecified atom stereocenters. The van der Waals surface area contributed by atoms with Crippen molar-refractivity contribution in [2.75, 3.05) is 18.4 Å². The van der Waals surface area contributed by atoms with Gasteiger partial charge < -0.3 is 10.1 Å². The number of para-hydroxylation sites is 2. The van der Waals surface area contributed by atoms with Gasteiger partial charge in [0.1, 0.15) is 5.75 Å². The van der Waals surface area contributed by atoms with Crippen LogP contribution in [0.3, 0.4) is 0 Å². The summed E-state index contributed by atoms with van der Waals surface area (Å²) >= 11 is 1.66. The summed E-state index contributed by atoms with van der Waals surface area (Å²) in [7, 11) is -2.33. The molecule has 0 aliphatic heterocycles. The fraction of sp³-hybridized carbons (Fsp3) is 0.273. The highest BCUT2D eigenvalue weighted by Gasteiger charge is 2.17. The Kier molecular flexibility index (Phi) is 7.64. The molecule has 0 bridgehead atoms. The molecule has 0 fully saturated rings. The zero-order chi connectivity index (χ0) is 22.3. The molecule has 1 amide bonds. The molecule has 1 heterocycles. The Morgan fingerprint density at radius 2 is 1.84 bits per heavy atom. The number of hydrogen-bond acceptors (Lipinski definition) is 6. The molecule has 3 aromatic rings. The number of nitrogens with one attached hydrogen (secondary N) is 2. The number of amides is 1. The first-order chi connectivity index (χ1) is 14.9. The van der Waals surface area contributed by atoms with E-state index >= 15 is 0 Å². The van der Waals surface area contributed by atoms with Crippen molar-refractivity contribution in [3.63, 3.8) is 0 Å². The average Bonchev–Trinajstić information content (AvgIpc) is 3.18. The van der Waals surface area contributed by atoms with Crippen LogP contribution in [0, 0.1) is 6.92 Å². The number of methoxy groups -OCH3 is 1. The second-order valence-electron chi connectivity index (χ2n) is 6.93. The number of carbonyl (C=O) groups excluding carboxylic acids is 1. The summed E-state index contributed by atoms with van der Waals surface area (Å²) < 4.78 is 33.0. The van der Waals surface area contributed by atoms with Crippen molar-refractivity contribution in [1.82, 2.24) is 10.3 Å². The molecule has 0 spiro atoms. The van der Waals surface area contributed by atoms with Crippen molar-refractivity contribution >= 4 is 33.0 Å². The fourth-order valence-corrected chi connectivity index (χ4v) is 4.83. The van der Waals surface area contributed by atoms with Crippen molar-refractivity contribution in [3.05, 3.63) is 70.2 Å². The predicted molar refractivity (Wildman–Crippen MR) is 122 cm³/mol. The van der Waals surface area contributed by atoms with Gasteiger partial charge in [-0.25, -0.2) is 13.4 Å². The smallest absolute Gasteiger partial charge is 0.262 e. The predicted octanol–water partition coefficient (Wildman–Crippen LogP) is 4.01. The molecule has 31 heavy (non-hydrogen) atoms. The van der Waals surface area contributed by atoms with Crippen LogP contribution < -0.4 is 14.8 Å². The van der Waals surface area contributed by atoms with Gasteiger partial charge in [0.15, 0.2) is 0 Å². The number of anilines is 1. The van der Waals surface area contributed by atoms with Crippen LogP contribution in [-0.2, 0) is 16.4 Å². The highest BCUT2D eigenvalue weighted by atomic mass is 32.2. The zero-order valence-corrected chi connectivity index (χ0v) is 19.1. The summed E-state index contributed by atoms with van der Waals surface area (Å²) in [5.74, 6) is 0.193. The Morgan fingerprint density at radius 1 is 1.10 bits per heavy atom. The SMILES string of the molecule is COc1ccccc1NS(=O)(=O)c1ccc(C(=O)NCCCCc2nc(C)cs2)cc1. The lowest BCUT2D eigenvalue weighted by atomic mass is 10.2. The normalized spacial score (nSPS) is 11.2. The summed E-state index contributed by atoms with van der Waals surface area (Å²) in [6, 6.07) is 12.6. The van der Waals surface area contributed by atoms with E-state index in [0.29, 0.717) is 23.5 Å². The standard InChI is InChI=1S/C22H25N3O4S2/c1-16-15-30-21(24-16)9-5-6-14-23-22(26)17-10-12-18(13-11-17)31(27,28)25-19-7-3-4-8-20(19)29-2/h3-4,7-8,10-13,15,25H,5-6,9,14H2,1-2H3,(H,23,26). The van der Waals surface area contributed by atoms with Crippen molar-refractivity contribution in [2.45, 2.75) is 31.1 Å². The Bertz CT molecular complexity index is 1130. The average molecular weight is 460 g/mol. The molecule has 3 rings (SSSR count). The number of ether oxygens (including phenoxy) is 1. The maximum absolute atomic E-state index is 12.6. The minimum absolute atomic E-state index is 0.0636. The number of unbranched alkanes of at least 4 members (excludes halogenated alkanes) is 1. The third-order valence-corrected chi connectivity index (χ3v) is 6.96. The summed E-state index contributed by atoms with van der Waals surface area (Å²) in [6.45, 7) is 2.53. The third kappa shape index (κ3) is 6.28. The second kappa shape index (κ2) is 10.4. The van der Waals surface area contributed by atoms with Gasteiger partial charge in [0.25, 0.3) is 15.9 Å². The maximum Gasteiger partial charge on any atom is 0.262 e. The van der Waals surface area contributed by atoms with E-state index in [1.165, 1.54) is 31.4 Å². The Morgan fingerprint density at radius 3 is 2.52 bits per heavy atom. The molecule has 0 radical (unpaired) electrons. The maximum atomic E-state index is 12.6. The van der Waals surface area contributed by atoms with E-state index in [4.69, 9.17) is 4.74 Å². The summed E-state index contributed by atoms with van der Waals surface area (Å²) in [5, 5.41) is 6.01. The first kappa shape index (κ1) is 22.8. The molecule has 0 aliphatic rings. The molecule has 164 valence electrons. The Balaban J connectivity index is 1.52. The lowest BCUT2D eigenvalue weighted by Gasteiger charge is -2.12. The van der Waals surface area contributed by atoms with E-state index in [1.54, 1.807) is 35.6 Å². The van der Waals surface area contributed by atoms with Gasteiger partial charge in [-0.1, -0.05) is 12.1 Å². The van der Waals surface area contributed by atoms with Gasteiger partial charge in [0.2, 0.25) is 0 Å². The van der Waals surface area contributed by atoms with Crippen molar-refractivity contribution in [2.24, 2.45) is 0 Å². The van der Waals surface area contributed by atoms with Gasteiger partial charge in [0, 0.05) is 23.2 Å². The van der Waals surface area contributed by atoms with E-state index in [1.807, 2.05) is 12.3 Å². The van der Waals surface area contributed by atoms with Crippen molar-refractivity contribution in [3.8, 4) is 5.75 Å². The fourth-order valence-electron chi connectivity index (χ4n) is 2.94. The lowest BCUT2D eigenvalue weighted by Crippen LogP contribution is -2.24. The molecule has 1 aromatic heterocycles. The van der Waals surface area contributed by atoms with Crippen LogP contribution in [0.4, 0.5) is 5.69 Å². The number of carbonyl (C=O) groups is 1.